The Morgan fingerprint density at radius 1 is 1.35 bits per heavy atom. The van der Waals surface area contributed by atoms with Crippen molar-refractivity contribution in [1.29, 1.82) is 0 Å². The molecular weight excluding hydrogens is 332 g/mol. The highest BCUT2D eigenvalue weighted by molar-refractivity contribution is 5.87. The van der Waals surface area contributed by atoms with Crippen LogP contribution in [0.5, 0.6) is 0 Å². The van der Waals surface area contributed by atoms with E-state index in [1.807, 2.05) is 18.3 Å². The SMILES string of the molecule is C=Cc1ncc2n1CCN(c1nc(=O)n(CCOC)c3ncccc13)C2. The summed E-state index contributed by atoms with van der Waals surface area (Å²) in [6, 6.07) is 3.82. The first-order chi connectivity index (χ1) is 12.7. The molecule has 8 heteroatoms. The monoisotopic (exact) mass is 352 g/mol. The minimum absolute atomic E-state index is 0.311. The molecule has 3 aromatic heterocycles. The molecule has 0 saturated heterocycles. The van der Waals surface area contributed by atoms with E-state index in [1.165, 1.54) is 0 Å². The normalized spacial score (nSPS) is 13.8. The van der Waals surface area contributed by atoms with E-state index in [1.54, 1.807) is 23.9 Å². The van der Waals surface area contributed by atoms with Crippen LogP contribution in [0, 0.1) is 0 Å². The zero-order valence-electron chi connectivity index (χ0n) is 14.6. The van der Waals surface area contributed by atoms with Crippen LogP contribution in [0.4, 0.5) is 5.82 Å². The number of aromatic nitrogens is 5. The summed E-state index contributed by atoms with van der Waals surface area (Å²) in [5.74, 6) is 1.54. The van der Waals surface area contributed by atoms with Crippen molar-refractivity contribution in [2.24, 2.45) is 0 Å². The highest BCUT2D eigenvalue weighted by Crippen LogP contribution is 2.26. The van der Waals surface area contributed by atoms with Gasteiger partial charge in [0.1, 0.15) is 17.3 Å². The molecule has 0 fully saturated rings. The van der Waals surface area contributed by atoms with E-state index in [4.69, 9.17) is 4.74 Å². The zero-order chi connectivity index (χ0) is 18.1. The first kappa shape index (κ1) is 16.5. The molecule has 0 N–H and O–H groups in total. The number of fused-ring (bicyclic) bond motifs is 2. The molecule has 3 aromatic rings. The largest absolute Gasteiger partial charge is 0.383 e. The van der Waals surface area contributed by atoms with Crippen LogP contribution in [0.25, 0.3) is 17.1 Å². The number of hydrogen-bond acceptors (Lipinski definition) is 6. The van der Waals surface area contributed by atoms with Gasteiger partial charge in [0.2, 0.25) is 0 Å². The molecule has 4 heterocycles. The summed E-state index contributed by atoms with van der Waals surface area (Å²) in [4.78, 5) is 27.9. The maximum atomic E-state index is 12.6. The maximum Gasteiger partial charge on any atom is 0.351 e. The van der Waals surface area contributed by atoms with Crippen molar-refractivity contribution < 1.29 is 4.74 Å². The van der Waals surface area contributed by atoms with Crippen LogP contribution >= 0.6 is 0 Å². The second-order valence-electron chi connectivity index (χ2n) is 6.12. The topological polar surface area (TPSA) is 78.1 Å². The molecule has 1 aliphatic rings. The van der Waals surface area contributed by atoms with E-state index in [2.05, 4.69) is 31.0 Å². The summed E-state index contributed by atoms with van der Waals surface area (Å²) in [5.41, 5.74) is 1.40. The van der Waals surface area contributed by atoms with Gasteiger partial charge in [0.05, 0.1) is 37.0 Å². The molecule has 0 aliphatic carbocycles. The van der Waals surface area contributed by atoms with Gasteiger partial charge in [-0.15, -0.1) is 0 Å². The number of ether oxygens (including phenoxy) is 1. The van der Waals surface area contributed by atoms with E-state index in [0.29, 0.717) is 31.2 Å². The number of anilines is 1. The summed E-state index contributed by atoms with van der Waals surface area (Å²) in [6.07, 6.45) is 5.30. The first-order valence-corrected chi connectivity index (χ1v) is 8.49. The molecule has 1 aliphatic heterocycles. The van der Waals surface area contributed by atoms with Gasteiger partial charge in [-0.25, -0.2) is 14.8 Å². The standard InChI is InChI=1S/C18H20N6O2/c1-3-15-20-11-13-12-22(7-8-23(13)15)17-14-5-4-6-19-16(14)24(9-10-26-2)18(25)21-17/h3-6,11H,1,7-10,12H2,2H3. The van der Waals surface area contributed by atoms with E-state index in [0.717, 1.165) is 30.0 Å². The fourth-order valence-electron chi connectivity index (χ4n) is 3.36. The second kappa shape index (κ2) is 6.72. The van der Waals surface area contributed by atoms with Gasteiger partial charge in [0.25, 0.3) is 0 Å². The molecule has 0 bridgehead atoms. The average Bonchev–Trinajstić information content (AvgIpc) is 3.09. The van der Waals surface area contributed by atoms with E-state index in [9.17, 15) is 4.79 Å². The van der Waals surface area contributed by atoms with Crippen molar-refractivity contribution >= 4 is 22.9 Å². The summed E-state index contributed by atoms with van der Waals surface area (Å²) >= 11 is 0. The molecule has 0 spiro atoms. The van der Waals surface area contributed by atoms with Crippen molar-refractivity contribution in [1.82, 2.24) is 24.1 Å². The van der Waals surface area contributed by atoms with Gasteiger partial charge in [-0.3, -0.25) is 4.57 Å². The Labute approximate surface area is 150 Å². The Bertz CT molecular complexity index is 1020. The summed E-state index contributed by atoms with van der Waals surface area (Å²) in [6.45, 7) is 6.80. The number of rotatable bonds is 5. The smallest absolute Gasteiger partial charge is 0.351 e. The number of imidazole rings is 1. The third-order valence-electron chi connectivity index (χ3n) is 4.63. The lowest BCUT2D eigenvalue weighted by Gasteiger charge is -2.30. The third kappa shape index (κ3) is 2.68. The van der Waals surface area contributed by atoms with Crippen LogP contribution in [0.1, 0.15) is 11.5 Å². The molecule has 0 atom stereocenters. The van der Waals surface area contributed by atoms with Crippen molar-refractivity contribution in [3.63, 3.8) is 0 Å². The summed E-state index contributed by atoms with van der Waals surface area (Å²) in [5, 5.41) is 0.861. The lowest BCUT2D eigenvalue weighted by molar-refractivity contribution is 0.187. The molecule has 8 nitrogen and oxygen atoms in total. The third-order valence-corrected chi connectivity index (χ3v) is 4.63. The van der Waals surface area contributed by atoms with Crippen LogP contribution < -0.4 is 10.6 Å². The lowest BCUT2D eigenvalue weighted by atomic mass is 10.2. The molecule has 0 radical (unpaired) electrons. The van der Waals surface area contributed by atoms with Crippen molar-refractivity contribution in [2.45, 2.75) is 19.6 Å². The summed E-state index contributed by atoms with van der Waals surface area (Å²) in [7, 11) is 1.61. The van der Waals surface area contributed by atoms with Crippen molar-refractivity contribution in [3.05, 3.63) is 53.1 Å². The highest BCUT2D eigenvalue weighted by Gasteiger charge is 2.23. The van der Waals surface area contributed by atoms with Crippen LogP contribution in [0.15, 0.2) is 35.9 Å². The maximum absolute atomic E-state index is 12.6. The van der Waals surface area contributed by atoms with E-state index in [-0.39, 0.29) is 5.69 Å². The minimum Gasteiger partial charge on any atom is -0.383 e. The van der Waals surface area contributed by atoms with Gasteiger partial charge in [0, 0.05) is 26.4 Å². The van der Waals surface area contributed by atoms with Gasteiger partial charge < -0.3 is 14.2 Å². The van der Waals surface area contributed by atoms with E-state index < -0.39 is 0 Å². The Morgan fingerprint density at radius 2 is 2.23 bits per heavy atom. The molecule has 134 valence electrons. The molecule has 4 rings (SSSR count). The van der Waals surface area contributed by atoms with Gasteiger partial charge in [-0.05, 0) is 18.2 Å². The Hall–Kier alpha value is -3.00. The predicted molar refractivity (Wildman–Crippen MR) is 99.0 cm³/mol. The molecule has 0 aromatic carbocycles. The molecular formula is C18H20N6O2. The van der Waals surface area contributed by atoms with Crippen LogP contribution in [0.3, 0.4) is 0 Å². The van der Waals surface area contributed by atoms with Crippen LogP contribution in [-0.4, -0.2) is 44.3 Å². The van der Waals surface area contributed by atoms with Crippen molar-refractivity contribution in [2.75, 3.05) is 25.2 Å². The highest BCUT2D eigenvalue weighted by atomic mass is 16.5. The predicted octanol–water partition coefficient (Wildman–Crippen LogP) is 1.30. The minimum atomic E-state index is -0.311. The Balaban J connectivity index is 1.78. The molecule has 0 amide bonds. The fraction of sp³-hybridized carbons (Fsp3) is 0.333. The lowest BCUT2D eigenvalue weighted by Crippen LogP contribution is -2.37. The number of methoxy groups -OCH3 is 1. The van der Waals surface area contributed by atoms with Crippen molar-refractivity contribution in [3.8, 4) is 0 Å². The molecule has 26 heavy (non-hydrogen) atoms. The zero-order valence-corrected chi connectivity index (χ0v) is 14.6. The molecule has 0 saturated carbocycles. The van der Waals surface area contributed by atoms with Crippen LogP contribution in [-0.2, 0) is 24.4 Å². The average molecular weight is 352 g/mol. The number of pyridine rings is 1. The molecule has 0 unspecified atom stereocenters. The Morgan fingerprint density at radius 3 is 3.04 bits per heavy atom. The number of nitrogens with zero attached hydrogens (tertiary/aromatic N) is 6. The fourth-order valence-corrected chi connectivity index (χ4v) is 3.36. The second-order valence-corrected chi connectivity index (χ2v) is 6.12. The van der Waals surface area contributed by atoms with Gasteiger partial charge in [-0.1, -0.05) is 6.58 Å². The van der Waals surface area contributed by atoms with Gasteiger partial charge in [0.15, 0.2) is 0 Å². The first-order valence-electron chi connectivity index (χ1n) is 8.49. The Kier molecular flexibility index (Phi) is 4.26. The van der Waals surface area contributed by atoms with Gasteiger partial charge >= 0.3 is 5.69 Å². The van der Waals surface area contributed by atoms with Gasteiger partial charge in [-0.2, -0.15) is 4.98 Å². The van der Waals surface area contributed by atoms with E-state index >= 15 is 0 Å². The number of hydrogen-bond donors (Lipinski definition) is 0. The van der Waals surface area contributed by atoms with Crippen LogP contribution in [0.2, 0.25) is 0 Å². The summed E-state index contributed by atoms with van der Waals surface area (Å²) < 4.78 is 8.81. The quantitative estimate of drug-likeness (QED) is 0.689.